The van der Waals surface area contributed by atoms with E-state index in [2.05, 4.69) is 84.9 Å². The quantitative estimate of drug-likeness (QED) is 0.187. The molecule has 3 heterocycles. The third kappa shape index (κ3) is 4.75. The Balaban J connectivity index is 1.10. The van der Waals surface area contributed by atoms with Crippen LogP contribution in [0.2, 0.25) is 0 Å². The van der Waals surface area contributed by atoms with Gasteiger partial charge in [0.2, 0.25) is 0 Å². The van der Waals surface area contributed by atoms with E-state index in [0.717, 1.165) is 82.8 Å². The highest BCUT2D eigenvalue weighted by atomic mass is 16.3. The molecule has 5 heteroatoms. The molecule has 0 N–H and O–H groups in total. The van der Waals surface area contributed by atoms with Gasteiger partial charge in [0, 0.05) is 38.2 Å². The van der Waals surface area contributed by atoms with Crippen molar-refractivity contribution < 1.29 is 8.83 Å². The van der Waals surface area contributed by atoms with E-state index in [-0.39, 0.29) is 0 Å². The van der Waals surface area contributed by atoms with Crippen LogP contribution in [-0.4, -0.2) is 15.0 Å². The monoisotopic (exact) mass is 641 g/mol. The number of furan rings is 2. The summed E-state index contributed by atoms with van der Waals surface area (Å²) in [4.78, 5) is 15.1. The second-order valence-electron chi connectivity index (χ2n) is 12.4. The van der Waals surface area contributed by atoms with Crippen LogP contribution in [0.25, 0.3) is 100 Å². The molecule has 5 nitrogen and oxygen atoms in total. The van der Waals surface area contributed by atoms with Gasteiger partial charge in [-0.25, -0.2) is 15.0 Å². The largest absolute Gasteiger partial charge is 0.456 e. The lowest BCUT2D eigenvalue weighted by Crippen LogP contribution is -2.00. The van der Waals surface area contributed by atoms with Gasteiger partial charge in [-0.1, -0.05) is 121 Å². The van der Waals surface area contributed by atoms with Crippen LogP contribution in [0, 0.1) is 0 Å². The number of rotatable bonds is 5. The van der Waals surface area contributed by atoms with Crippen LogP contribution in [0.4, 0.5) is 0 Å². The van der Waals surface area contributed by atoms with Gasteiger partial charge >= 0.3 is 0 Å². The maximum Gasteiger partial charge on any atom is 0.164 e. The summed E-state index contributed by atoms with van der Waals surface area (Å²) >= 11 is 0. The van der Waals surface area contributed by atoms with Gasteiger partial charge in [-0.2, -0.15) is 0 Å². The fourth-order valence-electron chi connectivity index (χ4n) is 6.92. The number of nitrogens with zero attached hydrogens (tertiary/aromatic N) is 3. The summed E-state index contributed by atoms with van der Waals surface area (Å²) in [5.74, 6) is 1.79. The van der Waals surface area contributed by atoms with Crippen molar-refractivity contribution in [2.75, 3.05) is 0 Å². The lowest BCUT2D eigenvalue weighted by molar-refractivity contribution is 0.668. The van der Waals surface area contributed by atoms with Crippen molar-refractivity contribution in [3.05, 3.63) is 164 Å². The van der Waals surface area contributed by atoms with Crippen LogP contribution < -0.4 is 0 Å². The molecule has 0 aliphatic rings. The summed E-state index contributed by atoms with van der Waals surface area (Å²) in [6.07, 6.45) is 0. The van der Waals surface area contributed by atoms with Crippen LogP contribution >= 0.6 is 0 Å². The van der Waals surface area contributed by atoms with Crippen molar-refractivity contribution in [1.82, 2.24) is 15.0 Å². The normalized spacial score (nSPS) is 11.6. The van der Waals surface area contributed by atoms with Gasteiger partial charge in [-0.05, 0) is 64.7 Å². The van der Waals surface area contributed by atoms with E-state index in [1.807, 2.05) is 78.9 Å². The second kappa shape index (κ2) is 11.4. The summed E-state index contributed by atoms with van der Waals surface area (Å²) in [6.45, 7) is 0. The maximum atomic E-state index is 6.44. The lowest BCUT2D eigenvalue weighted by atomic mass is 9.99. The summed E-state index contributed by atoms with van der Waals surface area (Å²) in [6, 6.07) is 55.8. The molecule has 0 aliphatic carbocycles. The molecule has 0 amide bonds. The molecule has 7 aromatic carbocycles. The summed E-state index contributed by atoms with van der Waals surface area (Å²) in [5.41, 5.74) is 10.5. The Morgan fingerprint density at radius 3 is 1.68 bits per heavy atom. The lowest BCUT2D eigenvalue weighted by Gasteiger charge is -2.10. The maximum absolute atomic E-state index is 6.44. The van der Waals surface area contributed by atoms with E-state index in [1.165, 1.54) is 0 Å². The highest BCUT2D eigenvalue weighted by Gasteiger charge is 2.17. The van der Waals surface area contributed by atoms with Crippen LogP contribution in [0.15, 0.2) is 173 Å². The van der Waals surface area contributed by atoms with Crippen molar-refractivity contribution in [2.24, 2.45) is 0 Å². The summed E-state index contributed by atoms with van der Waals surface area (Å²) in [7, 11) is 0. The first-order valence-electron chi connectivity index (χ1n) is 16.6. The molecule has 50 heavy (non-hydrogen) atoms. The van der Waals surface area contributed by atoms with Gasteiger partial charge in [-0.3, -0.25) is 0 Å². The standard InChI is InChI=1S/C45H27N3O2/c1-3-11-28(12-4-1)34-18-10-20-40-42(34)36-23-21-33(27-41(36)50-40)45-47-43(29-13-5-2-6-14-29)46-44(48-45)32-16-9-15-30(25-32)31-22-24-39-37(26-31)35-17-7-8-19-38(35)49-39/h1-27H. The molecular formula is C45H27N3O2. The molecule has 0 atom stereocenters. The Morgan fingerprint density at radius 2 is 0.860 bits per heavy atom. The zero-order valence-corrected chi connectivity index (χ0v) is 26.7. The minimum absolute atomic E-state index is 0.580. The molecule has 0 fully saturated rings. The molecule has 234 valence electrons. The van der Waals surface area contributed by atoms with Crippen LogP contribution in [0.1, 0.15) is 0 Å². The third-order valence-corrected chi connectivity index (χ3v) is 9.34. The number of para-hydroxylation sites is 1. The molecule has 0 saturated carbocycles. The van der Waals surface area contributed by atoms with E-state index in [9.17, 15) is 0 Å². The number of aromatic nitrogens is 3. The van der Waals surface area contributed by atoms with Gasteiger partial charge in [0.05, 0.1) is 0 Å². The summed E-state index contributed by atoms with van der Waals surface area (Å²) in [5, 5.41) is 4.35. The molecule has 0 aliphatic heterocycles. The highest BCUT2D eigenvalue weighted by Crippen LogP contribution is 2.39. The van der Waals surface area contributed by atoms with Crippen molar-refractivity contribution >= 4 is 43.9 Å². The smallest absolute Gasteiger partial charge is 0.164 e. The number of hydrogen-bond donors (Lipinski definition) is 0. The minimum Gasteiger partial charge on any atom is -0.456 e. The Hall–Kier alpha value is -6.85. The average Bonchev–Trinajstić information content (AvgIpc) is 3.76. The van der Waals surface area contributed by atoms with E-state index in [0.29, 0.717) is 17.5 Å². The highest BCUT2D eigenvalue weighted by molar-refractivity contribution is 6.13. The molecule has 0 spiro atoms. The fourth-order valence-corrected chi connectivity index (χ4v) is 6.92. The number of hydrogen-bond acceptors (Lipinski definition) is 5. The molecular weight excluding hydrogens is 615 g/mol. The number of benzene rings is 7. The summed E-state index contributed by atoms with van der Waals surface area (Å²) < 4.78 is 12.5. The molecule has 3 aromatic heterocycles. The Kier molecular flexibility index (Phi) is 6.42. The first-order valence-corrected chi connectivity index (χ1v) is 16.6. The van der Waals surface area contributed by atoms with E-state index < -0.39 is 0 Å². The molecule has 10 rings (SSSR count). The van der Waals surface area contributed by atoms with Crippen LogP contribution in [-0.2, 0) is 0 Å². The number of fused-ring (bicyclic) bond motifs is 6. The molecule has 0 saturated heterocycles. The Labute approximate surface area is 287 Å². The van der Waals surface area contributed by atoms with Gasteiger partial charge in [0.15, 0.2) is 17.5 Å². The van der Waals surface area contributed by atoms with Crippen LogP contribution in [0.5, 0.6) is 0 Å². The van der Waals surface area contributed by atoms with Gasteiger partial charge < -0.3 is 8.83 Å². The van der Waals surface area contributed by atoms with Crippen molar-refractivity contribution in [3.8, 4) is 56.4 Å². The molecule has 0 bridgehead atoms. The van der Waals surface area contributed by atoms with E-state index >= 15 is 0 Å². The van der Waals surface area contributed by atoms with Crippen molar-refractivity contribution in [2.45, 2.75) is 0 Å². The molecule has 10 aromatic rings. The topological polar surface area (TPSA) is 65.0 Å². The van der Waals surface area contributed by atoms with Crippen molar-refractivity contribution in [3.63, 3.8) is 0 Å². The zero-order chi connectivity index (χ0) is 33.0. The Bertz CT molecular complexity index is 2870. The van der Waals surface area contributed by atoms with Gasteiger partial charge in [0.1, 0.15) is 22.3 Å². The van der Waals surface area contributed by atoms with E-state index in [1.54, 1.807) is 0 Å². The van der Waals surface area contributed by atoms with Gasteiger partial charge in [-0.15, -0.1) is 0 Å². The van der Waals surface area contributed by atoms with E-state index in [4.69, 9.17) is 23.8 Å². The molecule has 0 unspecified atom stereocenters. The predicted octanol–water partition coefficient (Wildman–Crippen LogP) is 12.0. The SMILES string of the molecule is c1ccc(-c2nc(-c3cccc(-c4ccc5oc6ccccc6c5c4)c3)nc(-c3ccc4c(c3)oc3cccc(-c5ccccc5)c34)n2)cc1. The second-order valence-corrected chi connectivity index (χ2v) is 12.4. The predicted molar refractivity (Wildman–Crippen MR) is 202 cm³/mol. The van der Waals surface area contributed by atoms with Gasteiger partial charge in [0.25, 0.3) is 0 Å². The van der Waals surface area contributed by atoms with Crippen molar-refractivity contribution in [1.29, 1.82) is 0 Å². The van der Waals surface area contributed by atoms with Crippen LogP contribution in [0.3, 0.4) is 0 Å². The molecule has 0 radical (unpaired) electrons. The average molecular weight is 642 g/mol. The fraction of sp³-hybridized carbons (Fsp3) is 0. The Morgan fingerprint density at radius 1 is 0.300 bits per heavy atom. The third-order valence-electron chi connectivity index (χ3n) is 9.34. The first kappa shape index (κ1) is 28.2. The minimum atomic E-state index is 0.580. The first-order chi connectivity index (χ1) is 24.7. The zero-order valence-electron chi connectivity index (χ0n) is 26.7.